The molecule has 0 bridgehead atoms. The van der Waals surface area contributed by atoms with Gasteiger partial charge in [0.15, 0.2) is 0 Å². The van der Waals surface area contributed by atoms with Gasteiger partial charge in [-0.15, -0.1) is 0 Å². The van der Waals surface area contributed by atoms with E-state index < -0.39 is 0 Å². The molecule has 0 aliphatic heterocycles. The van der Waals surface area contributed by atoms with Gasteiger partial charge in [0.05, 0.1) is 0 Å². The van der Waals surface area contributed by atoms with Crippen LogP contribution in [0.1, 0.15) is 25.5 Å². The minimum Gasteiger partial charge on any atom is -0.329 e. The van der Waals surface area contributed by atoms with Crippen LogP contribution in [-0.2, 0) is 0 Å². The van der Waals surface area contributed by atoms with Crippen LogP contribution in [0, 0.1) is 5.92 Å². The monoisotopic (exact) mass is 264 g/mol. The first-order valence-corrected chi connectivity index (χ1v) is 7.03. The molecule has 19 heavy (non-hydrogen) atoms. The predicted molar refractivity (Wildman–Crippen MR) is 81.0 cm³/mol. The third kappa shape index (κ3) is 5.68. The second-order valence-electron chi connectivity index (χ2n) is 5.72. The van der Waals surface area contributed by atoms with Crippen molar-refractivity contribution in [3.05, 3.63) is 30.1 Å². The van der Waals surface area contributed by atoms with E-state index in [0.29, 0.717) is 12.5 Å². The quantitative estimate of drug-likeness (QED) is 0.775. The highest BCUT2D eigenvalue weighted by Crippen LogP contribution is 2.20. The largest absolute Gasteiger partial charge is 0.329 e. The molecular formula is C15H28N4. The zero-order valence-corrected chi connectivity index (χ0v) is 12.7. The molecule has 0 fully saturated rings. The van der Waals surface area contributed by atoms with Gasteiger partial charge in [-0.25, -0.2) is 0 Å². The van der Waals surface area contributed by atoms with Gasteiger partial charge < -0.3 is 10.6 Å². The number of nitrogens with two attached hydrogens (primary N) is 1. The van der Waals surface area contributed by atoms with E-state index in [1.54, 1.807) is 0 Å². The van der Waals surface area contributed by atoms with Gasteiger partial charge in [-0.05, 0) is 37.7 Å². The van der Waals surface area contributed by atoms with E-state index in [4.69, 9.17) is 5.73 Å². The van der Waals surface area contributed by atoms with E-state index in [-0.39, 0.29) is 6.04 Å². The Morgan fingerprint density at radius 3 is 2.26 bits per heavy atom. The summed E-state index contributed by atoms with van der Waals surface area (Å²) in [5, 5.41) is 0. The summed E-state index contributed by atoms with van der Waals surface area (Å²) < 4.78 is 0. The van der Waals surface area contributed by atoms with Crippen LogP contribution in [0.25, 0.3) is 0 Å². The number of likely N-dealkylation sites (N-methyl/N-ethyl adjacent to an activating group) is 1. The highest BCUT2D eigenvalue weighted by atomic mass is 15.2. The fourth-order valence-electron chi connectivity index (χ4n) is 2.25. The van der Waals surface area contributed by atoms with Gasteiger partial charge in [0, 0.05) is 44.6 Å². The standard InChI is InChI=1S/C15H28N4/c1-13(2)12-19(10-9-18(3)4)15(11-16)14-5-7-17-8-6-14/h5-8,13,15H,9-12,16H2,1-4H3. The lowest BCUT2D eigenvalue weighted by Gasteiger charge is -2.33. The Hall–Kier alpha value is -0.970. The normalized spacial score (nSPS) is 13.5. The SMILES string of the molecule is CC(C)CN(CCN(C)C)C(CN)c1ccncc1. The average Bonchev–Trinajstić information content (AvgIpc) is 2.37. The summed E-state index contributed by atoms with van der Waals surface area (Å²) in [6, 6.07) is 4.42. The van der Waals surface area contributed by atoms with Crippen LogP contribution < -0.4 is 5.73 Å². The lowest BCUT2D eigenvalue weighted by Crippen LogP contribution is -2.40. The number of pyridine rings is 1. The predicted octanol–water partition coefficient (Wildman–Crippen LogP) is 1.60. The first kappa shape index (κ1) is 16.1. The van der Waals surface area contributed by atoms with E-state index in [2.05, 4.69) is 54.9 Å². The van der Waals surface area contributed by atoms with Gasteiger partial charge in [0.1, 0.15) is 0 Å². The fraction of sp³-hybridized carbons (Fsp3) is 0.667. The summed E-state index contributed by atoms with van der Waals surface area (Å²) in [4.78, 5) is 8.79. The average molecular weight is 264 g/mol. The number of rotatable bonds is 8. The van der Waals surface area contributed by atoms with Gasteiger partial charge in [-0.1, -0.05) is 13.8 Å². The van der Waals surface area contributed by atoms with Gasteiger partial charge in [-0.3, -0.25) is 9.88 Å². The highest BCUT2D eigenvalue weighted by Gasteiger charge is 2.19. The molecule has 1 aromatic rings. The third-order valence-corrected chi connectivity index (χ3v) is 3.19. The fourth-order valence-corrected chi connectivity index (χ4v) is 2.25. The molecule has 1 atom stereocenters. The van der Waals surface area contributed by atoms with Crippen molar-refractivity contribution in [3.8, 4) is 0 Å². The third-order valence-electron chi connectivity index (χ3n) is 3.19. The lowest BCUT2D eigenvalue weighted by atomic mass is 10.0. The van der Waals surface area contributed by atoms with E-state index in [0.717, 1.165) is 19.6 Å². The zero-order valence-electron chi connectivity index (χ0n) is 12.7. The van der Waals surface area contributed by atoms with Gasteiger partial charge >= 0.3 is 0 Å². The van der Waals surface area contributed by atoms with E-state index >= 15 is 0 Å². The molecular weight excluding hydrogens is 236 g/mol. The smallest absolute Gasteiger partial charge is 0.0472 e. The summed E-state index contributed by atoms with van der Waals surface area (Å²) in [5.74, 6) is 0.637. The van der Waals surface area contributed by atoms with Crippen molar-refractivity contribution in [2.75, 3.05) is 40.3 Å². The van der Waals surface area contributed by atoms with Crippen LogP contribution in [0.15, 0.2) is 24.5 Å². The van der Waals surface area contributed by atoms with Gasteiger partial charge in [0.25, 0.3) is 0 Å². The lowest BCUT2D eigenvalue weighted by molar-refractivity contribution is 0.163. The molecule has 1 heterocycles. The zero-order chi connectivity index (χ0) is 14.3. The molecule has 1 unspecified atom stereocenters. The van der Waals surface area contributed by atoms with Crippen molar-refractivity contribution in [1.29, 1.82) is 0 Å². The van der Waals surface area contributed by atoms with E-state index in [1.807, 2.05) is 12.4 Å². The van der Waals surface area contributed by atoms with Gasteiger partial charge in [0.2, 0.25) is 0 Å². The van der Waals surface area contributed by atoms with E-state index in [1.165, 1.54) is 5.56 Å². The number of hydrogen-bond acceptors (Lipinski definition) is 4. The Bertz CT molecular complexity index is 337. The summed E-state index contributed by atoms with van der Waals surface area (Å²) in [7, 11) is 4.22. The van der Waals surface area contributed by atoms with Crippen molar-refractivity contribution in [2.24, 2.45) is 11.7 Å². The second kappa shape index (κ2) is 8.25. The maximum atomic E-state index is 6.01. The van der Waals surface area contributed by atoms with Crippen molar-refractivity contribution in [3.63, 3.8) is 0 Å². The van der Waals surface area contributed by atoms with Crippen LogP contribution in [-0.4, -0.2) is 55.1 Å². The minimum atomic E-state index is 0.283. The van der Waals surface area contributed by atoms with Crippen molar-refractivity contribution in [1.82, 2.24) is 14.8 Å². The first-order valence-electron chi connectivity index (χ1n) is 7.03. The number of aromatic nitrogens is 1. The van der Waals surface area contributed by atoms with Crippen LogP contribution >= 0.6 is 0 Å². The second-order valence-corrected chi connectivity index (χ2v) is 5.72. The van der Waals surface area contributed by atoms with Gasteiger partial charge in [-0.2, -0.15) is 0 Å². The Balaban J connectivity index is 2.80. The maximum absolute atomic E-state index is 6.01. The summed E-state index contributed by atoms with van der Waals surface area (Å²) in [5.41, 5.74) is 7.27. The van der Waals surface area contributed by atoms with Crippen molar-refractivity contribution < 1.29 is 0 Å². The van der Waals surface area contributed by atoms with Crippen LogP contribution in [0.4, 0.5) is 0 Å². The Morgan fingerprint density at radius 1 is 1.16 bits per heavy atom. The molecule has 1 aromatic heterocycles. The van der Waals surface area contributed by atoms with Crippen molar-refractivity contribution >= 4 is 0 Å². The van der Waals surface area contributed by atoms with Crippen molar-refractivity contribution in [2.45, 2.75) is 19.9 Å². The minimum absolute atomic E-state index is 0.283. The maximum Gasteiger partial charge on any atom is 0.0472 e. The molecule has 0 amide bonds. The highest BCUT2D eigenvalue weighted by molar-refractivity contribution is 5.15. The van der Waals surface area contributed by atoms with E-state index in [9.17, 15) is 0 Å². The van der Waals surface area contributed by atoms with Crippen LogP contribution in [0.2, 0.25) is 0 Å². The number of hydrogen-bond donors (Lipinski definition) is 1. The molecule has 2 N–H and O–H groups in total. The molecule has 1 rings (SSSR count). The topological polar surface area (TPSA) is 45.4 Å². The molecule has 0 radical (unpaired) electrons. The summed E-state index contributed by atoms with van der Waals surface area (Å²) in [6.07, 6.45) is 3.69. The summed E-state index contributed by atoms with van der Waals surface area (Å²) in [6.45, 7) is 8.30. The molecule has 4 heteroatoms. The molecule has 0 aliphatic rings. The Kier molecular flexibility index (Phi) is 6.99. The number of nitrogens with zero attached hydrogens (tertiary/aromatic N) is 3. The summed E-state index contributed by atoms with van der Waals surface area (Å²) >= 11 is 0. The molecule has 0 aromatic carbocycles. The first-order chi connectivity index (χ1) is 9.04. The molecule has 4 nitrogen and oxygen atoms in total. The molecule has 0 saturated carbocycles. The Labute approximate surface area is 117 Å². The Morgan fingerprint density at radius 2 is 1.79 bits per heavy atom. The van der Waals surface area contributed by atoms with Crippen LogP contribution in [0.5, 0.6) is 0 Å². The molecule has 0 spiro atoms. The molecule has 0 aliphatic carbocycles. The molecule has 108 valence electrons. The van der Waals surface area contributed by atoms with Crippen LogP contribution in [0.3, 0.4) is 0 Å². The molecule has 0 saturated heterocycles.